The van der Waals surface area contributed by atoms with Crippen LogP contribution >= 0.6 is 0 Å². The standard InChI is InChI=1S/C10H8O5S/c11-8-4-5-16(14,15)9-6(8)2-1-3-7(9)10(12)13/h1-3H,4-5H2,(H,12,13). The molecule has 5 nitrogen and oxygen atoms in total. The molecule has 0 saturated carbocycles. The molecule has 1 aliphatic heterocycles. The smallest absolute Gasteiger partial charge is 0.337 e. The van der Waals surface area contributed by atoms with Crippen LogP contribution in [0.3, 0.4) is 0 Å². The number of sulfone groups is 1. The number of rotatable bonds is 1. The molecular weight excluding hydrogens is 232 g/mol. The molecule has 1 aromatic rings. The van der Waals surface area contributed by atoms with Gasteiger partial charge < -0.3 is 5.11 Å². The van der Waals surface area contributed by atoms with Gasteiger partial charge in [-0.25, -0.2) is 13.2 Å². The summed E-state index contributed by atoms with van der Waals surface area (Å²) in [5, 5.41) is 8.88. The second kappa shape index (κ2) is 3.41. The molecule has 6 heteroatoms. The van der Waals surface area contributed by atoms with E-state index in [0.29, 0.717) is 0 Å². The number of aromatic carboxylic acids is 1. The van der Waals surface area contributed by atoms with Gasteiger partial charge in [0, 0.05) is 12.0 Å². The van der Waals surface area contributed by atoms with E-state index < -0.39 is 15.8 Å². The van der Waals surface area contributed by atoms with Crippen LogP contribution in [-0.4, -0.2) is 31.0 Å². The molecule has 2 rings (SSSR count). The number of hydrogen-bond donors (Lipinski definition) is 1. The Morgan fingerprint density at radius 2 is 2.00 bits per heavy atom. The number of benzene rings is 1. The fraction of sp³-hybridized carbons (Fsp3) is 0.200. The molecule has 0 fully saturated rings. The minimum Gasteiger partial charge on any atom is -0.478 e. The lowest BCUT2D eigenvalue weighted by Gasteiger charge is -2.16. The summed E-state index contributed by atoms with van der Waals surface area (Å²) in [7, 11) is -3.65. The minimum absolute atomic E-state index is 0.00819. The third kappa shape index (κ3) is 1.51. The number of carbonyl (C=O) groups is 2. The number of hydrogen-bond acceptors (Lipinski definition) is 4. The molecule has 1 aromatic carbocycles. The van der Waals surface area contributed by atoms with Gasteiger partial charge in [0.1, 0.15) is 0 Å². The van der Waals surface area contributed by atoms with E-state index in [2.05, 4.69) is 0 Å². The van der Waals surface area contributed by atoms with Gasteiger partial charge >= 0.3 is 5.97 Å². The van der Waals surface area contributed by atoms with E-state index >= 15 is 0 Å². The van der Waals surface area contributed by atoms with E-state index in [0.717, 1.165) is 0 Å². The first-order valence-electron chi connectivity index (χ1n) is 4.56. The van der Waals surface area contributed by atoms with Crippen molar-refractivity contribution in [1.29, 1.82) is 0 Å². The summed E-state index contributed by atoms with van der Waals surface area (Å²) in [6.07, 6.45) is -0.0849. The summed E-state index contributed by atoms with van der Waals surface area (Å²) in [4.78, 5) is 22.0. The van der Waals surface area contributed by atoms with Crippen LogP contribution in [0.25, 0.3) is 0 Å². The second-order valence-electron chi connectivity index (χ2n) is 3.48. The second-order valence-corrected chi connectivity index (χ2v) is 5.53. The largest absolute Gasteiger partial charge is 0.478 e. The van der Waals surface area contributed by atoms with Gasteiger partial charge in [0.15, 0.2) is 15.6 Å². The average molecular weight is 240 g/mol. The van der Waals surface area contributed by atoms with Crippen molar-refractivity contribution in [3.8, 4) is 0 Å². The van der Waals surface area contributed by atoms with E-state index in [4.69, 9.17) is 5.11 Å². The molecule has 0 aliphatic carbocycles. The van der Waals surface area contributed by atoms with Crippen LogP contribution in [-0.2, 0) is 9.84 Å². The third-order valence-corrected chi connectivity index (χ3v) is 4.26. The predicted octanol–water partition coefficient (Wildman–Crippen LogP) is 0.745. The maximum Gasteiger partial charge on any atom is 0.337 e. The van der Waals surface area contributed by atoms with Crippen LogP contribution in [0.1, 0.15) is 27.1 Å². The van der Waals surface area contributed by atoms with Gasteiger partial charge in [-0.15, -0.1) is 0 Å². The highest BCUT2D eigenvalue weighted by Crippen LogP contribution is 2.28. The van der Waals surface area contributed by atoms with Crippen molar-refractivity contribution in [2.45, 2.75) is 11.3 Å². The molecule has 1 aliphatic rings. The van der Waals surface area contributed by atoms with Gasteiger partial charge in [-0.05, 0) is 6.07 Å². The Morgan fingerprint density at radius 1 is 1.31 bits per heavy atom. The predicted molar refractivity (Wildman–Crippen MR) is 54.4 cm³/mol. The lowest BCUT2D eigenvalue weighted by Crippen LogP contribution is -2.24. The number of Topliss-reactive ketones (excluding diaryl/α,β-unsaturated/α-hetero) is 1. The summed E-state index contributed by atoms with van der Waals surface area (Å²) in [6, 6.07) is 3.92. The summed E-state index contributed by atoms with van der Waals surface area (Å²) in [5.41, 5.74) is -0.336. The molecule has 84 valence electrons. The number of fused-ring (bicyclic) bond motifs is 1. The average Bonchev–Trinajstić information content (AvgIpc) is 2.23. The van der Waals surface area contributed by atoms with Crippen LogP contribution < -0.4 is 0 Å². The lowest BCUT2D eigenvalue weighted by atomic mass is 10.0. The summed E-state index contributed by atoms with van der Waals surface area (Å²) in [6.45, 7) is 0. The zero-order chi connectivity index (χ0) is 11.9. The number of ketones is 1. The molecule has 16 heavy (non-hydrogen) atoms. The monoisotopic (exact) mass is 240 g/mol. The number of carboxylic acid groups (broad SMARTS) is 1. The molecule has 0 unspecified atom stereocenters. The first-order chi connectivity index (χ1) is 7.43. The highest BCUT2D eigenvalue weighted by atomic mass is 32.2. The summed E-state index contributed by atoms with van der Waals surface area (Å²) >= 11 is 0. The highest BCUT2D eigenvalue weighted by Gasteiger charge is 2.33. The Morgan fingerprint density at radius 3 is 2.62 bits per heavy atom. The quantitative estimate of drug-likeness (QED) is 0.782. The lowest BCUT2D eigenvalue weighted by molar-refractivity contribution is 0.0692. The zero-order valence-electron chi connectivity index (χ0n) is 8.13. The van der Waals surface area contributed by atoms with Crippen molar-refractivity contribution in [3.05, 3.63) is 29.3 Å². The topological polar surface area (TPSA) is 88.5 Å². The molecule has 0 radical (unpaired) electrons. The van der Waals surface area contributed by atoms with E-state index in [1.807, 2.05) is 0 Å². The van der Waals surface area contributed by atoms with Gasteiger partial charge in [-0.1, -0.05) is 12.1 Å². The fourth-order valence-corrected chi connectivity index (χ4v) is 3.39. The van der Waals surface area contributed by atoms with Crippen molar-refractivity contribution in [2.75, 3.05) is 5.75 Å². The molecule has 0 amide bonds. The molecule has 0 bridgehead atoms. The van der Waals surface area contributed by atoms with Gasteiger partial charge in [-0.3, -0.25) is 4.79 Å². The highest BCUT2D eigenvalue weighted by molar-refractivity contribution is 7.91. The van der Waals surface area contributed by atoms with E-state index in [-0.39, 0.29) is 34.0 Å². The fourth-order valence-electron chi connectivity index (χ4n) is 1.72. The van der Waals surface area contributed by atoms with Crippen molar-refractivity contribution in [3.63, 3.8) is 0 Å². The van der Waals surface area contributed by atoms with Gasteiger partial charge in [0.05, 0.1) is 16.2 Å². The molecular formula is C10H8O5S. The molecule has 0 spiro atoms. The molecule has 1 N–H and O–H groups in total. The van der Waals surface area contributed by atoms with Gasteiger partial charge in [0.2, 0.25) is 0 Å². The Labute approximate surface area is 91.6 Å². The van der Waals surface area contributed by atoms with Crippen molar-refractivity contribution in [1.82, 2.24) is 0 Å². The van der Waals surface area contributed by atoms with E-state index in [1.54, 1.807) is 0 Å². The molecule has 1 heterocycles. The Balaban J connectivity index is 2.85. The maximum atomic E-state index is 11.7. The maximum absolute atomic E-state index is 11.7. The van der Waals surface area contributed by atoms with Crippen molar-refractivity contribution in [2.24, 2.45) is 0 Å². The molecule has 0 aromatic heterocycles. The van der Waals surface area contributed by atoms with Crippen molar-refractivity contribution < 1.29 is 23.1 Å². The van der Waals surface area contributed by atoms with Gasteiger partial charge in [-0.2, -0.15) is 0 Å². The zero-order valence-corrected chi connectivity index (χ0v) is 8.95. The minimum atomic E-state index is -3.65. The van der Waals surface area contributed by atoms with Crippen LogP contribution in [0.5, 0.6) is 0 Å². The summed E-state index contributed by atoms with van der Waals surface area (Å²) < 4.78 is 23.5. The first-order valence-corrected chi connectivity index (χ1v) is 6.21. The molecule has 0 saturated heterocycles. The first kappa shape index (κ1) is 10.8. The van der Waals surface area contributed by atoms with Crippen LogP contribution in [0, 0.1) is 0 Å². The van der Waals surface area contributed by atoms with Crippen LogP contribution in [0.4, 0.5) is 0 Å². The number of carbonyl (C=O) groups excluding carboxylic acids is 1. The van der Waals surface area contributed by atoms with Crippen LogP contribution in [0.15, 0.2) is 23.1 Å². The number of carboxylic acids is 1. The SMILES string of the molecule is O=C(O)c1cccc2c1S(=O)(=O)CCC2=O. The Kier molecular flexibility index (Phi) is 2.31. The Bertz CT molecular complexity index is 571. The van der Waals surface area contributed by atoms with Gasteiger partial charge in [0.25, 0.3) is 0 Å². The van der Waals surface area contributed by atoms with E-state index in [9.17, 15) is 18.0 Å². The van der Waals surface area contributed by atoms with Crippen LogP contribution in [0.2, 0.25) is 0 Å². The third-order valence-electron chi connectivity index (χ3n) is 2.45. The molecule has 0 atom stereocenters. The normalized spacial score (nSPS) is 17.9. The van der Waals surface area contributed by atoms with E-state index in [1.165, 1.54) is 18.2 Å². The summed E-state index contributed by atoms with van der Waals surface area (Å²) in [5.74, 6) is -1.98. The van der Waals surface area contributed by atoms with Crippen molar-refractivity contribution >= 4 is 21.6 Å². The Hall–Kier alpha value is -1.69.